The van der Waals surface area contributed by atoms with Crippen LogP contribution in [0.25, 0.3) is 0 Å². The van der Waals surface area contributed by atoms with Gasteiger partial charge in [-0.3, -0.25) is 14.6 Å². The van der Waals surface area contributed by atoms with Crippen LogP contribution in [-0.4, -0.2) is 34.9 Å². The van der Waals surface area contributed by atoms with Crippen LogP contribution in [-0.2, 0) is 6.18 Å². The van der Waals surface area contributed by atoms with Gasteiger partial charge in [0, 0.05) is 31.0 Å². The Bertz CT molecular complexity index is 703. The van der Waals surface area contributed by atoms with Gasteiger partial charge in [-0.1, -0.05) is 0 Å². The molecule has 2 amide bonds. The Balaban J connectivity index is 1.78. The second-order valence-electron chi connectivity index (χ2n) is 4.68. The van der Waals surface area contributed by atoms with Crippen molar-refractivity contribution in [1.82, 2.24) is 20.6 Å². The highest BCUT2D eigenvalue weighted by molar-refractivity contribution is 5.94. The summed E-state index contributed by atoms with van der Waals surface area (Å²) in [5.74, 6) is -0.968. The zero-order valence-corrected chi connectivity index (χ0v) is 12.3. The lowest BCUT2D eigenvalue weighted by Gasteiger charge is -2.09. The van der Waals surface area contributed by atoms with Crippen LogP contribution in [0.15, 0.2) is 42.9 Å². The lowest BCUT2D eigenvalue weighted by atomic mass is 10.1. The summed E-state index contributed by atoms with van der Waals surface area (Å²) in [4.78, 5) is 31.0. The zero-order valence-electron chi connectivity index (χ0n) is 12.3. The number of aromatic nitrogens is 2. The minimum Gasteiger partial charge on any atom is -0.350 e. The Hall–Kier alpha value is -2.97. The number of nitrogens with zero attached hydrogens (tertiary/aromatic N) is 2. The van der Waals surface area contributed by atoms with Crippen molar-refractivity contribution >= 4 is 11.8 Å². The number of carbonyl (C=O) groups excluding carboxylic acids is 2. The molecule has 2 rings (SSSR count). The first-order valence-corrected chi connectivity index (χ1v) is 6.87. The van der Waals surface area contributed by atoms with Gasteiger partial charge in [0.25, 0.3) is 11.8 Å². The highest BCUT2D eigenvalue weighted by atomic mass is 19.4. The molecule has 0 atom stereocenters. The first-order chi connectivity index (χ1) is 11.4. The Morgan fingerprint density at radius 1 is 0.958 bits per heavy atom. The summed E-state index contributed by atoms with van der Waals surface area (Å²) in [7, 11) is 0. The number of alkyl halides is 3. The number of hydrogen-bond donors (Lipinski definition) is 2. The van der Waals surface area contributed by atoms with Gasteiger partial charge < -0.3 is 10.6 Å². The summed E-state index contributed by atoms with van der Waals surface area (Å²) < 4.78 is 37.3. The third kappa shape index (κ3) is 4.77. The fourth-order valence-corrected chi connectivity index (χ4v) is 1.77. The molecule has 0 aliphatic rings. The number of benzene rings is 1. The molecule has 0 unspecified atom stereocenters. The fourth-order valence-electron chi connectivity index (χ4n) is 1.77. The average molecular weight is 338 g/mol. The van der Waals surface area contributed by atoms with E-state index in [9.17, 15) is 22.8 Å². The molecule has 1 aromatic heterocycles. The molecular weight excluding hydrogens is 325 g/mol. The maximum absolute atomic E-state index is 12.4. The molecule has 2 aromatic rings. The topological polar surface area (TPSA) is 84.0 Å². The third-order valence-corrected chi connectivity index (χ3v) is 2.97. The number of amides is 2. The molecule has 126 valence electrons. The molecule has 2 N–H and O–H groups in total. The Kier molecular flexibility index (Phi) is 5.46. The molecular formula is C15H13F3N4O2. The van der Waals surface area contributed by atoms with Crippen molar-refractivity contribution in [3.8, 4) is 0 Å². The quantitative estimate of drug-likeness (QED) is 0.812. The second kappa shape index (κ2) is 7.53. The summed E-state index contributed by atoms with van der Waals surface area (Å²) in [6.45, 7) is 0.258. The van der Waals surface area contributed by atoms with E-state index in [-0.39, 0.29) is 24.3 Å². The number of carbonyl (C=O) groups is 2. The molecule has 0 aliphatic carbocycles. The fraction of sp³-hybridized carbons (Fsp3) is 0.200. The first-order valence-electron chi connectivity index (χ1n) is 6.87. The molecule has 1 aromatic carbocycles. The van der Waals surface area contributed by atoms with Crippen molar-refractivity contribution < 1.29 is 22.8 Å². The normalized spacial score (nSPS) is 11.0. The van der Waals surface area contributed by atoms with E-state index >= 15 is 0 Å². The Labute approximate surface area is 135 Å². The van der Waals surface area contributed by atoms with Crippen LogP contribution < -0.4 is 10.6 Å². The maximum atomic E-state index is 12.4. The maximum Gasteiger partial charge on any atom is 0.416 e. The summed E-state index contributed by atoms with van der Waals surface area (Å²) in [5, 5.41) is 5.02. The smallest absolute Gasteiger partial charge is 0.350 e. The van der Waals surface area contributed by atoms with Crippen LogP contribution in [0, 0.1) is 0 Å². The standard InChI is InChI=1S/C15H13F3N4O2/c16-15(17,18)11-3-1-10(2-4-11)13(23)21-7-8-22-14(24)12-9-19-5-6-20-12/h1-6,9H,7-8H2,(H,21,23)(H,22,24). The molecule has 6 nitrogen and oxygen atoms in total. The minimum atomic E-state index is -4.44. The number of hydrogen-bond acceptors (Lipinski definition) is 4. The monoisotopic (exact) mass is 338 g/mol. The average Bonchev–Trinajstić information content (AvgIpc) is 2.58. The van der Waals surface area contributed by atoms with Gasteiger partial charge in [0.2, 0.25) is 0 Å². The highest BCUT2D eigenvalue weighted by Crippen LogP contribution is 2.28. The molecule has 0 saturated carbocycles. The van der Waals surface area contributed by atoms with Crippen LogP contribution in [0.2, 0.25) is 0 Å². The van der Waals surface area contributed by atoms with Gasteiger partial charge in [0.15, 0.2) is 0 Å². The zero-order chi connectivity index (χ0) is 17.6. The van der Waals surface area contributed by atoms with Crippen molar-refractivity contribution in [2.45, 2.75) is 6.18 Å². The van der Waals surface area contributed by atoms with Crippen molar-refractivity contribution in [2.24, 2.45) is 0 Å². The van der Waals surface area contributed by atoms with E-state index in [0.717, 1.165) is 24.3 Å². The van der Waals surface area contributed by atoms with Gasteiger partial charge in [-0.2, -0.15) is 13.2 Å². The summed E-state index contributed by atoms with van der Waals surface area (Å²) in [6, 6.07) is 3.86. The van der Waals surface area contributed by atoms with Crippen LogP contribution in [0.3, 0.4) is 0 Å². The van der Waals surface area contributed by atoms with E-state index in [2.05, 4.69) is 20.6 Å². The van der Waals surface area contributed by atoms with Crippen LogP contribution in [0.4, 0.5) is 13.2 Å². The van der Waals surface area contributed by atoms with Gasteiger partial charge in [-0.25, -0.2) is 4.98 Å². The van der Waals surface area contributed by atoms with Crippen LogP contribution in [0.5, 0.6) is 0 Å². The van der Waals surface area contributed by atoms with Gasteiger partial charge in [0.05, 0.1) is 11.8 Å². The molecule has 0 spiro atoms. The highest BCUT2D eigenvalue weighted by Gasteiger charge is 2.30. The van der Waals surface area contributed by atoms with E-state index in [4.69, 9.17) is 0 Å². The summed E-state index contributed by atoms with van der Waals surface area (Å²) in [5.41, 5.74) is -0.579. The van der Waals surface area contributed by atoms with E-state index in [0.29, 0.717) is 0 Å². The number of halogens is 3. The largest absolute Gasteiger partial charge is 0.416 e. The summed E-state index contributed by atoms with van der Waals surface area (Å²) in [6.07, 6.45) is -0.335. The lowest BCUT2D eigenvalue weighted by molar-refractivity contribution is -0.137. The van der Waals surface area contributed by atoms with Crippen molar-refractivity contribution in [1.29, 1.82) is 0 Å². The van der Waals surface area contributed by atoms with Crippen LogP contribution in [0.1, 0.15) is 26.4 Å². The molecule has 0 bridgehead atoms. The molecule has 0 saturated heterocycles. The summed E-state index contributed by atoms with van der Waals surface area (Å²) >= 11 is 0. The van der Waals surface area contributed by atoms with Crippen molar-refractivity contribution in [3.05, 3.63) is 59.7 Å². The van der Waals surface area contributed by atoms with Crippen LogP contribution >= 0.6 is 0 Å². The lowest BCUT2D eigenvalue weighted by Crippen LogP contribution is -2.35. The SMILES string of the molecule is O=C(NCCNC(=O)c1cnccn1)c1ccc(C(F)(F)F)cc1. The van der Waals surface area contributed by atoms with E-state index in [1.165, 1.54) is 18.6 Å². The van der Waals surface area contributed by atoms with E-state index in [1.807, 2.05) is 0 Å². The molecule has 1 heterocycles. The van der Waals surface area contributed by atoms with E-state index < -0.39 is 23.6 Å². The van der Waals surface area contributed by atoms with E-state index in [1.54, 1.807) is 0 Å². The minimum absolute atomic E-state index is 0.100. The molecule has 24 heavy (non-hydrogen) atoms. The number of nitrogens with one attached hydrogen (secondary N) is 2. The second-order valence-corrected chi connectivity index (χ2v) is 4.68. The van der Waals surface area contributed by atoms with Gasteiger partial charge in [-0.15, -0.1) is 0 Å². The Morgan fingerprint density at radius 3 is 2.12 bits per heavy atom. The predicted octanol–water partition coefficient (Wildman–Crippen LogP) is 1.66. The van der Waals surface area contributed by atoms with Gasteiger partial charge in [0.1, 0.15) is 5.69 Å². The number of rotatable bonds is 5. The van der Waals surface area contributed by atoms with Gasteiger partial charge >= 0.3 is 6.18 Å². The molecule has 0 radical (unpaired) electrons. The first kappa shape index (κ1) is 17.4. The molecule has 0 aliphatic heterocycles. The van der Waals surface area contributed by atoms with Crippen molar-refractivity contribution in [3.63, 3.8) is 0 Å². The molecule has 0 fully saturated rings. The predicted molar refractivity (Wildman–Crippen MR) is 78.1 cm³/mol. The Morgan fingerprint density at radius 2 is 1.58 bits per heavy atom. The molecule has 9 heteroatoms. The van der Waals surface area contributed by atoms with Gasteiger partial charge in [-0.05, 0) is 24.3 Å². The van der Waals surface area contributed by atoms with Crippen molar-refractivity contribution in [2.75, 3.05) is 13.1 Å². The third-order valence-electron chi connectivity index (χ3n) is 2.97.